The predicted octanol–water partition coefficient (Wildman–Crippen LogP) is 1.98. The summed E-state index contributed by atoms with van der Waals surface area (Å²) < 4.78 is 10.7. The Morgan fingerprint density at radius 3 is 2.44 bits per heavy atom. The molecular weight excluding hydrogens is 320 g/mol. The first-order chi connectivity index (χ1) is 12.2. The average Bonchev–Trinajstić information content (AvgIpc) is 2.65. The number of hydrogen-bond donors (Lipinski definition) is 3. The van der Waals surface area contributed by atoms with Gasteiger partial charge in [-0.25, -0.2) is 4.79 Å². The molecule has 0 radical (unpaired) electrons. The maximum Gasteiger partial charge on any atom is 0.314 e. The van der Waals surface area contributed by atoms with E-state index < -0.39 is 6.10 Å². The highest BCUT2D eigenvalue weighted by molar-refractivity contribution is 5.73. The molecule has 1 atom stereocenters. The summed E-state index contributed by atoms with van der Waals surface area (Å²) in [6.45, 7) is 0.695. The second-order valence-corrected chi connectivity index (χ2v) is 5.49. The molecule has 0 heterocycles. The molecule has 2 aromatic rings. The van der Waals surface area contributed by atoms with E-state index in [0.29, 0.717) is 18.0 Å². The number of nitrogens with one attached hydrogen (secondary N) is 2. The monoisotopic (exact) mass is 344 g/mol. The van der Waals surface area contributed by atoms with E-state index in [-0.39, 0.29) is 19.2 Å². The molecule has 0 bridgehead atoms. The van der Waals surface area contributed by atoms with Crippen LogP contribution >= 0.6 is 0 Å². The third kappa shape index (κ3) is 6.73. The highest BCUT2D eigenvalue weighted by atomic mass is 16.5. The van der Waals surface area contributed by atoms with Crippen molar-refractivity contribution in [2.75, 3.05) is 26.8 Å². The van der Waals surface area contributed by atoms with Crippen LogP contribution in [0.25, 0.3) is 0 Å². The molecule has 6 nitrogen and oxygen atoms in total. The second kappa shape index (κ2) is 10.2. The number of benzene rings is 2. The Balaban J connectivity index is 1.62. The van der Waals surface area contributed by atoms with E-state index in [2.05, 4.69) is 10.6 Å². The zero-order valence-electron chi connectivity index (χ0n) is 14.3. The summed E-state index contributed by atoms with van der Waals surface area (Å²) in [5, 5.41) is 15.3. The van der Waals surface area contributed by atoms with Crippen LogP contribution in [-0.4, -0.2) is 44.0 Å². The van der Waals surface area contributed by atoms with Gasteiger partial charge >= 0.3 is 6.03 Å². The molecule has 2 amide bonds. The van der Waals surface area contributed by atoms with E-state index in [0.717, 1.165) is 12.0 Å². The zero-order valence-corrected chi connectivity index (χ0v) is 14.3. The molecular formula is C19H24N2O4. The summed E-state index contributed by atoms with van der Waals surface area (Å²) in [5.41, 5.74) is 1.16. The fraction of sp³-hybridized carbons (Fsp3) is 0.316. The average molecular weight is 344 g/mol. The highest BCUT2D eigenvalue weighted by Crippen LogP contribution is 2.25. The summed E-state index contributed by atoms with van der Waals surface area (Å²) in [7, 11) is 1.56. The van der Waals surface area contributed by atoms with E-state index in [1.54, 1.807) is 19.2 Å². The number of para-hydroxylation sites is 2. The van der Waals surface area contributed by atoms with Crippen molar-refractivity contribution in [2.24, 2.45) is 0 Å². The van der Waals surface area contributed by atoms with E-state index >= 15 is 0 Å². The van der Waals surface area contributed by atoms with Gasteiger partial charge in [-0.1, -0.05) is 42.5 Å². The van der Waals surface area contributed by atoms with Crippen LogP contribution in [0.5, 0.6) is 11.5 Å². The lowest BCUT2D eigenvalue weighted by Crippen LogP contribution is -2.41. The zero-order chi connectivity index (χ0) is 17.9. The van der Waals surface area contributed by atoms with Crippen molar-refractivity contribution in [1.82, 2.24) is 10.6 Å². The van der Waals surface area contributed by atoms with Crippen molar-refractivity contribution in [3.63, 3.8) is 0 Å². The van der Waals surface area contributed by atoms with Crippen LogP contribution in [0.4, 0.5) is 4.79 Å². The Bertz CT molecular complexity index is 649. The molecule has 1 unspecified atom stereocenters. The van der Waals surface area contributed by atoms with Crippen molar-refractivity contribution in [3.05, 3.63) is 60.2 Å². The van der Waals surface area contributed by atoms with Gasteiger partial charge in [0.1, 0.15) is 12.7 Å². The standard InChI is InChI=1S/C19H24N2O4/c1-24-17-9-5-6-10-18(17)25-14-16(22)13-21-19(23)20-12-11-15-7-3-2-4-8-15/h2-10,16,22H,11-14H2,1H3,(H2,20,21,23). The van der Waals surface area contributed by atoms with Gasteiger partial charge in [0.25, 0.3) is 0 Å². The minimum absolute atomic E-state index is 0.0602. The topological polar surface area (TPSA) is 79.8 Å². The van der Waals surface area contributed by atoms with Crippen LogP contribution in [-0.2, 0) is 6.42 Å². The number of amides is 2. The lowest BCUT2D eigenvalue weighted by molar-refractivity contribution is 0.106. The number of carbonyl (C=O) groups excluding carboxylic acids is 1. The van der Waals surface area contributed by atoms with Crippen LogP contribution in [0.3, 0.4) is 0 Å². The van der Waals surface area contributed by atoms with Gasteiger partial charge in [0.15, 0.2) is 11.5 Å². The third-order valence-electron chi connectivity index (χ3n) is 3.54. The fourth-order valence-electron chi connectivity index (χ4n) is 2.22. The first kappa shape index (κ1) is 18.6. The summed E-state index contributed by atoms with van der Waals surface area (Å²) in [6.07, 6.45) is -0.0573. The van der Waals surface area contributed by atoms with Gasteiger partial charge in [-0.2, -0.15) is 0 Å². The molecule has 0 aliphatic carbocycles. The number of rotatable bonds is 9. The molecule has 3 N–H and O–H groups in total. The van der Waals surface area contributed by atoms with Gasteiger partial charge in [-0.15, -0.1) is 0 Å². The van der Waals surface area contributed by atoms with E-state index in [9.17, 15) is 9.90 Å². The van der Waals surface area contributed by atoms with Gasteiger partial charge < -0.3 is 25.2 Å². The Labute approximate surface area is 147 Å². The number of methoxy groups -OCH3 is 1. The molecule has 134 valence electrons. The van der Waals surface area contributed by atoms with E-state index in [1.807, 2.05) is 42.5 Å². The highest BCUT2D eigenvalue weighted by Gasteiger charge is 2.09. The van der Waals surface area contributed by atoms with Crippen molar-refractivity contribution >= 4 is 6.03 Å². The van der Waals surface area contributed by atoms with Gasteiger partial charge in [0.05, 0.1) is 7.11 Å². The van der Waals surface area contributed by atoms with Gasteiger partial charge in [-0.05, 0) is 24.1 Å². The van der Waals surface area contributed by atoms with E-state index in [1.165, 1.54) is 0 Å². The summed E-state index contributed by atoms with van der Waals surface area (Å²) in [5.74, 6) is 1.15. The number of aliphatic hydroxyl groups excluding tert-OH is 1. The number of aliphatic hydroxyl groups is 1. The molecule has 2 rings (SSSR count). The first-order valence-corrected chi connectivity index (χ1v) is 8.18. The SMILES string of the molecule is COc1ccccc1OCC(O)CNC(=O)NCCc1ccccc1. The lowest BCUT2D eigenvalue weighted by Gasteiger charge is -2.15. The number of hydrogen-bond acceptors (Lipinski definition) is 4. The minimum atomic E-state index is -0.815. The summed E-state index contributed by atoms with van der Waals surface area (Å²) >= 11 is 0. The van der Waals surface area contributed by atoms with E-state index in [4.69, 9.17) is 9.47 Å². The molecule has 0 spiro atoms. The minimum Gasteiger partial charge on any atom is -0.493 e. The molecule has 2 aromatic carbocycles. The number of ether oxygens (including phenoxy) is 2. The normalized spacial score (nSPS) is 11.4. The predicted molar refractivity (Wildman–Crippen MR) is 96.0 cm³/mol. The maximum absolute atomic E-state index is 11.7. The van der Waals surface area contributed by atoms with Crippen LogP contribution < -0.4 is 20.1 Å². The Kier molecular flexibility index (Phi) is 7.59. The summed E-state index contributed by atoms with van der Waals surface area (Å²) in [4.78, 5) is 11.7. The van der Waals surface area contributed by atoms with Crippen LogP contribution in [0.15, 0.2) is 54.6 Å². The molecule has 0 fully saturated rings. The van der Waals surface area contributed by atoms with Crippen molar-refractivity contribution in [3.8, 4) is 11.5 Å². The van der Waals surface area contributed by atoms with Crippen LogP contribution in [0, 0.1) is 0 Å². The largest absolute Gasteiger partial charge is 0.493 e. The van der Waals surface area contributed by atoms with Gasteiger partial charge in [0.2, 0.25) is 0 Å². The smallest absolute Gasteiger partial charge is 0.314 e. The second-order valence-electron chi connectivity index (χ2n) is 5.49. The fourth-order valence-corrected chi connectivity index (χ4v) is 2.22. The van der Waals surface area contributed by atoms with Crippen LogP contribution in [0.1, 0.15) is 5.56 Å². The quantitative estimate of drug-likeness (QED) is 0.650. The van der Waals surface area contributed by atoms with Gasteiger partial charge in [-0.3, -0.25) is 0 Å². The molecule has 0 saturated carbocycles. The number of urea groups is 1. The molecule has 25 heavy (non-hydrogen) atoms. The van der Waals surface area contributed by atoms with Gasteiger partial charge in [0, 0.05) is 13.1 Å². The van der Waals surface area contributed by atoms with Crippen molar-refractivity contribution in [1.29, 1.82) is 0 Å². The van der Waals surface area contributed by atoms with Crippen molar-refractivity contribution < 1.29 is 19.4 Å². The molecule has 0 aromatic heterocycles. The lowest BCUT2D eigenvalue weighted by atomic mass is 10.1. The molecule has 0 saturated heterocycles. The molecule has 6 heteroatoms. The first-order valence-electron chi connectivity index (χ1n) is 8.18. The third-order valence-corrected chi connectivity index (χ3v) is 3.54. The molecule has 0 aliphatic heterocycles. The van der Waals surface area contributed by atoms with Crippen LogP contribution in [0.2, 0.25) is 0 Å². The van der Waals surface area contributed by atoms with Crippen molar-refractivity contribution in [2.45, 2.75) is 12.5 Å². The Hall–Kier alpha value is -2.73. The molecule has 0 aliphatic rings. The Morgan fingerprint density at radius 2 is 1.72 bits per heavy atom. The number of carbonyl (C=O) groups is 1. The summed E-state index contributed by atoms with van der Waals surface area (Å²) in [6, 6.07) is 16.8. The maximum atomic E-state index is 11.7. The Morgan fingerprint density at radius 1 is 1.04 bits per heavy atom.